The van der Waals surface area contributed by atoms with Gasteiger partial charge in [0.25, 0.3) is 0 Å². The second kappa shape index (κ2) is 12.7. The molecule has 0 aromatic carbocycles. The lowest BCUT2D eigenvalue weighted by atomic mass is 10.2. The van der Waals surface area contributed by atoms with Crippen LogP contribution in [0.3, 0.4) is 0 Å². The summed E-state index contributed by atoms with van der Waals surface area (Å²) in [5.41, 5.74) is 0.535. The van der Waals surface area contributed by atoms with Crippen molar-refractivity contribution in [2.24, 2.45) is 4.99 Å². The lowest BCUT2D eigenvalue weighted by molar-refractivity contribution is 0.0302. The molecule has 7 nitrogen and oxygen atoms in total. The molecule has 1 rings (SSSR count). The van der Waals surface area contributed by atoms with Crippen LogP contribution in [0.4, 0.5) is 4.79 Å². The van der Waals surface area contributed by atoms with Crippen molar-refractivity contribution in [3.8, 4) is 0 Å². The van der Waals surface area contributed by atoms with E-state index in [2.05, 4.69) is 20.6 Å². The Morgan fingerprint density at radius 3 is 2.62 bits per heavy atom. The zero-order valence-corrected chi connectivity index (χ0v) is 18.7. The smallest absolute Gasteiger partial charge is 0.410 e. The molecule has 0 unspecified atom stereocenters. The number of hydrogen-bond donors (Lipinski definition) is 2. The Labute approximate surface area is 174 Å². The molecule has 0 aliphatic heterocycles. The fraction of sp³-hybridized carbons (Fsp3) is 0.611. The number of carbonyl (C=O) groups excluding carboxylic acids is 1. The minimum Gasteiger partial charge on any atom is -0.444 e. The first-order valence-electron chi connectivity index (χ1n) is 8.68. The van der Waals surface area contributed by atoms with E-state index in [4.69, 9.17) is 4.74 Å². The number of likely N-dealkylation sites (N-methyl/N-ethyl adjacent to an activating group) is 1. The number of aromatic nitrogens is 1. The van der Waals surface area contributed by atoms with Gasteiger partial charge in [0.1, 0.15) is 5.60 Å². The van der Waals surface area contributed by atoms with Gasteiger partial charge in [-0.25, -0.2) is 4.79 Å². The summed E-state index contributed by atoms with van der Waals surface area (Å²) in [5, 5.41) is 6.42. The maximum absolute atomic E-state index is 11.9. The predicted octanol–water partition coefficient (Wildman–Crippen LogP) is 2.66. The molecule has 0 atom stereocenters. The molecular weight excluding hydrogens is 445 g/mol. The van der Waals surface area contributed by atoms with Crippen LogP contribution in [0.25, 0.3) is 0 Å². The highest BCUT2D eigenvalue weighted by atomic mass is 127. The summed E-state index contributed by atoms with van der Waals surface area (Å²) >= 11 is 0. The van der Waals surface area contributed by atoms with E-state index in [0.29, 0.717) is 19.6 Å². The summed E-state index contributed by atoms with van der Waals surface area (Å²) in [6.45, 7) is 10.1. The van der Waals surface area contributed by atoms with Gasteiger partial charge in [-0.2, -0.15) is 0 Å². The Kier molecular flexibility index (Phi) is 11.9. The van der Waals surface area contributed by atoms with Crippen molar-refractivity contribution in [3.05, 3.63) is 30.1 Å². The average molecular weight is 477 g/mol. The van der Waals surface area contributed by atoms with E-state index in [9.17, 15) is 4.79 Å². The van der Waals surface area contributed by atoms with E-state index in [1.807, 2.05) is 45.9 Å². The zero-order chi connectivity index (χ0) is 18.7. The molecule has 26 heavy (non-hydrogen) atoms. The molecule has 0 saturated heterocycles. The first kappa shape index (κ1) is 24.4. The maximum atomic E-state index is 11.9. The molecule has 0 saturated carbocycles. The van der Waals surface area contributed by atoms with Crippen LogP contribution in [0, 0.1) is 0 Å². The summed E-state index contributed by atoms with van der Waals surface area (Å²) < 4.78 is 5.32. The molecular formula is C18H32IN5O2. The molecule has 8 heteroatoms. The number of ether oxygens (including phenoxy) is 1. The second-order valence-electron chi connectivity index (χ2n) is 6.66. The minimum atomic E-state index is -0.485. The third-order valence-electron chi connectivity index (χ3n) is 3.15. The number of carbonyl (C=O) groups is 1. The van der Waals surface area contributed by atoms with E-state index < -0.39 is 5.60 Å². The van der Waals surface area contributed by atoms with Crippen LogP contribution in [0.2, 0.25) is 0 Å². The van der Waals surface area contributed by atoms with Gasteiger partial charge < -0.3 is 20.3 Å². The van der Waals surface area contributed by atoms with Crippen LogP contribution >= 0.6 is 24.0 Å². The van der Waals surface area contributed by atoms with Crippen molar-refractivity contribution >= 4 is 36.0 Å². The quantitative estimate of drug-likeness (QED) is 0.359. The van der Waals surface area contributed by atoms with Crippen molar-refractivity contribution in [1.82, 2.24) is 20.5 Å². The molecule has 0 bridgehead atoms. The normalized spacial score (nSPS) is 11.3. The topological polar surface area (TPSA) is 78.9 Å². The number of guanidine groups is 1. The largest absolute Gasteiger partial charge is 0.444 e. The third kappa shape index (κ3) is 11.1. The van der Waals surface area contributed by atoms with Crippen molar-refractivity contribution in [1.29, 1.82) is 0 Å². The molecule has 2 N–H and O–H groups in total. The van der Waals surface area contributed by atoms with Gasteiger partial charge in [-0.1, -0.05) is 6.07 Å². The Balaban J connectivity index is 0.00000625. The first-order valence-corrected chi connectivity index (χ1v) is 8.68. The molecule has 0 radical (unpaired) electrons. The Hall–Kier alpha value is -1.58. The van der Waals surface area contributed by atoms with E-state index in [0.717, 1.165) is 24.6 Å². The van der Waals surface area contributed by atoms with Crippen LogP contribution in [-0.2, 0) is 11.2 Å². The predicted molar refractivity (Wildman–Crippen MR) is 116 cm³/mol. The van der Waals surface area contributed by atoms with Crippen LogP contribution in [0.15, 0.2) is 29.4 Å². The maximum Gasteiger partial charge on any atom is 0.410 e. The number of aliphatic imine (C=N–C) groups is 1. The van der Waals surface area contributed by atoms with E-state index in [1.165, 1.54) is 0 Å². The Bertz CT molecular complexity index is 546. The first-order chi connectivity index (χ1) is 11.8. The number of pyridine rings is 1. The van der Waals surface area contributed by atoms with Crippen molar-refractivity contribution in [2.75, 3.05) is 33.2 Å². The van der Waals surface area contributed by atoms with Crippen LogP contribution in [-0.4, -0.2) is 60.8 Å². The molecule has 0 aliphatic carbocycles. The highest BCUT2D eigenvalue weighted by molar-refractivity contribution is 14.0. The lowest BCUT2D eigenvalue weighted by Crippen LogP contribution is -2.43. The van der Waals surface area contributed by atoms with Crippen LogP contribution in [0.1, 0.15) is 33.4 Å². The van der Waals surface area contributed by atoms with E-state index >= 15 is 0 Å². The summed E-state index contributed by atoms with van der Waals surface area (Å²) in [6, 6.07) is 5.87. The van der Waals surface area contributed by atoms with Gasteiger partial charge >= 0.3 is 6.09 Å². The van der Waals surface area contributed by atoms with Gasteiger partial charge in [-0.3, -0.25) is 9.98 Å². The fourth-order valence-corrected chi connectivity index (χ4v) is 1.94. The van der Waals surface area contributed by atoms with E-state index in [1.54, 1.807) is 18.1 Å². The lowest BCUT2D eigenvalue weighted by Gasteiger charge is -2.24. The van der Waals surface area contributed by atoms with Crippen LogP contribution < -0.4 is 10.6 Å². The van der Waals surface area contributed by atoms with Crippen LogP contribution in [0.5, 0.6) is 0 Å². The van der Waals surface area contributed by atoms with E-state index in [-0.39, 0.29) is 30.1 Å². The Morgan fingerprint density at radius 1 is 1.31 bits per heavy atom. The summed E-state index contributed by atoms with van der Waals surface area (Å²) in [6.07, 6.45) is 2.25. The number of rotatable bonds is 7. The number of nitrogens with zero attached hydrogens (tertiary/aromatic N) is 3. The summed E-state index contributed by atoms with van der Waals surface area (Å²) in [4.78, 5) is 22.3. The fourth-order valence-electron chi connectivity index (χ4n) is 1.94. The van der Waals surface area contributed by atoms with Crippen molar-refractivity contribution in [2.45, 2.75) is 39.7 Å². The molecule has 0 spiro atoms. The number of nitrogens with one attached hydrogen (secondary N) is 2. The molecule has 1 amide bonds. The molecule has 1 heterocycles. The molecule has 0 aliphatic rings. The third-order valence-corrected chi connectivity index (χ3v) is 3.15. The van der Waals surface area contributed by atoms with Gasteiger partial charge in [0.05, 0.1) is 0 Å². The Morgan fingerprint density at radius 2 is 2.04 bits per heavy atom. The minimum absolute atomic E-state index is 0. The van der Waals surface area contributed by atoms with Gasteiger partial charge in [-0.15, -0.1) is 24.0 Å². The highest BCUT2D eigenvalue weighted by Crippen LogP contribution is 2.08. The molecule has 0 fully saturated rings. The average Bonchev–Trinajstić information content (AvgIpc) is 2.54. The summed E-state index contributed by atoms with van der Waals surface area (Å²) in [5.74, 6) is 0.732. The van der Waals surface area contributed by atoms with Gasteiger partial charge in [-0.05, 0) is 39.8 Å². The summed E-state index contributed by atoms with van der Waals surface area (Å²) in [7, 11) is 1.72. The standard InChI is InChI=1S/C18H31N5O2.HI/c1-6-19-16(21-12-10-15-9-7-8-11-20-15)22-13-14-23(5)17(24)25-18(2,3)4;/h7-9,11H,6,10,12-14H2,1-5H3,(H2,19,21,22);1H. The van der Waals surface area contributed by atoms with Gasteiger partial charge in [0, 0.05) is 51.5 Å². The van der Waals surface area contributed by atoms with Crippen molar-refractivity contribution < 1.29 is 9.53 Å². The molecule has 148 valence electrons. The monoisotopic (exact) mass is 477 g/mol. The molecule has 1 aromatic rings. The van der Waals surface area contributed by atoms with Crippen molar-refractivity contribution in [3.63, 3.8) is 0 Å². The zero-order valence-electron chi connectivity index (χ0n) is 16.4. The molecule has 1 aromatic heterocycles. The number of amides is 1. The highest BCUT2D eigenvalue weighted by Gasteiger charge is 2.19. The second-order valence-corrected chi connectivity index (χ2v) is 6.66. The SMILES string of the molecule is CCNC(=NCCc1ccccn1)NCCN(C)C(=O)OC(C)(C)C.I. The van der Waals surface area contributed by atoms with Gasteiger partial charge in [0.15, 0.2) is 5.96 Å². The number of halogens is 1. The van der Waals surface area contributed by atoms with Gasteiger partial charge in [0.2, 0.25) is 0 Å². The number of hydrogen-bond acceptors (Lipinski definition) is 4.